The summed E-state index contributed by atoms with van der Waals surface area (Å²) in [5.41, 5.74) is 1.63. The van der Waals surface area contributed by atoms with Crippen molar-refractivity contribution in [3.8, 4) is 6.07 Å². The fourth-order valence-electron chi connectivity index (χ4n) is 3.03. The number of nitrogens with one attached hydrogen (secondary N) is 1. The zero-order chi connectivity index (χ0) is 19.2. The summed E-state index contributed by atoms with van der Waals surface area (Å²) in [7, 11) is 0. The number of halogens is 1. The quantitative estimate of drug-likeness (QED) is 0.874. The van der Waals surface area contributed by atoms with Gasteiger partial charge in [0.15, 0.2) is 0 Å². The fraction of sp³-hybridized carbons (Fsp3) is 0.350. The monoisotopic (exact) mass is 368 g/mol. The highest BCUT2D eigenvalue weighted by Crippen LogP contribution is 2.22. The smallest absolute Gasteiger partial charge is 0.322 e. The molecule has 2 aromatic rings. The van der Waals surface area contributed by atoms with Crippen molar-refractivity contribution in [3.05, 3.63) is 59.2 Å². The Morgan fingerprint density at radius 3 is 3.04 bits per heavy atom. The summed E-state index contributed by atoms with van der Waals surface area (Å²) >= 11 is 0. The van der Waals surface area contributed by atoms with E-state index < -0.39 is 5.82 Å². The number of amides is 2. The molecular formula is C20H21FN4O2. The van der Waals surface area contributed by atoms with Crippen molar-refractivity contribution >= 4 is 11.7 Å². The Morgan fingerprint density at radius 1 is 1.52 bits per heavy atom. The number of nitriles is 1. The lowest BCUT2D eigenvalue weighted by molar-refractivity contribution is 0.0819. The number of nitrogens with zero attached hydrogens (tertiary/aromatic N) is 3. The number of pyridine rings is 1. The highest BCUT2D eigenvalue weighted by atomic mass is 19.1. The van der Waals surface area contributed by atoms with E-state index in [4.69, 9.17) is 10.00 Å². The van der Waals surface area contributed by atoms with Crippen LogP contribution in [0.5, 0.6) is 0 Å². The highest BCUT2D eigenvalue weighted by molar-refractivity contribution is 5.90. The van der Waals surface area contributed by atoms with Gasteiger partial charge in [0.25, 0.3) is 0 Å². The van der Waals surface area contributed by atoms with Crippen molar-refractivity contribution in [3.63, 3.8) is 0 Å². The summed E-state index contributed by atoms with van der Waals surface area (Å²) in [6.07, 6.45) is 5.23. The first-order chi connectivity index (χ1) is 13.1. The van der Waals surface area contributed by atoms with E-state index in [9.17, 15) is 9.18 Å². The van der Waals surface area contributed by atoms with E-state index in [1.807, 2.05) is 18.2 Å². The lowest BCUT2D eigenvalue weighted by atomic mass is 10.1. The van der Waals surface area contributed by atoms with Crippen LogP contribution in [0.25, 0.3) is 0 Å². The number of hydrogen-bond acceptors (Lipinski definition) is 4. The normalized spacial score (nSPS) is 16.0. The van der Waals surface area contributed by atoms with E-state index >= 15 is 0 Å². The van der Waals surface area contributed by atoms with Gasteiger partial charge in [-0.2, -0.15) is 5.26 Å². The molecule has 1 aromatic heterocycles. The summed E-state index contributed by atoms with van der Waals surface area (Å²) in [4.78, 5) is 18.6. The molecule has 1 aliphatic heterocycles. The molecule has 6 nitrogen and oxygen atoms in total. The van der Waals surface area contributed by atoms with Gasteiger partial charge in [0.2, 0.25) is 0 Å². The second-order valence-electron chi connectivity index (χ2n) is 6.55. The molecule has 1 aliphatic rings. The van der Waals surface area contributed by atoms with Crippen LogP contribution in [-0.2, 0) is 11.3 Å². The van der Waals surface area contributed by atoms with Crippen molar-refractivity contribution in [2.45, 2.75) is 32.4 Å². The molecule has 2 heterocycles. The summed E-state index contributed by atoms with van der Waals surface area (Å²) < 4.78 is 19.7. The van der Waals surface area contributed by atoms with Gasteiger partial charge in [-0.3, -0.25) is 4.98 Å². The Bertz CT molecular complexity index is 845. The number of anilines is 1. The summed E-state index contributed by atoms with van der Waals surface area (Å²) in [5, 5.41) is 11.8. The van der Waals surface area contributed by atoms with Gasteiger partial charge in [0.05, 0.1) is 17.7 Å². The SMILES string of the molecule is Cc1c(F)cc(C#N)cc1NC(=O)N(Cc1cccnc1)CC1CCCO1. The van der Waals surface area contributed by atoms with Crippen molar-refractivity contribution < 1.29 is 13.9 Å². The molecule has 1 N–H and O–H groups in total. The van der Waals surface area contributed by atoms with Crippen LogP contribution in [-0.4, -0.2) is 35.2 Å². The fourth-order valence-corrected chi connectivity index (χ4v) is 3.03. The maximum Gasteiger partial charge on any atom is 0.322 e. The molecule has 140 valence electrons. The van der Waals surface area contributed by atoms with Crippen LogP contribution in [0.1, 0.15) is 29.5 Å². The van der Waals surface area contributed by atoms with Gasteiger partial charge in [0.1, 0.15) is 5.82 Å². The molecule has 7 heteroatoms. The Hall–Kier alpha value is -2.98. The lowest BCUT2D eigenvalue weighted by Crippen LogP contribution is -2.39. The molecule has 1 saturated heterocycles. The Morgan fingerprint density at radius 2 is 2.37 bits per heavy atom. The van der Waals surface area contributed by atoms with E-state index in [2.05, 4.69) is 10.3 Å². The second-order valence-corrected chi connectivity index (χ2v) is 6.55. The standard InChI is InChI=1S/C20H21FN4O2/c1-14-18(21)8-16(10-22)9-19(14)24-20(26)25(13-17-5-3-7-27-17)12-15-4-2-6-23-11-15/h2,4,6,8-9,11,17H,3,5,7,12-13H2,1H3,(H,24,26). The number of carbonyl (C=O) groups excluding carboxylic acids is 1. The molecule has 1 aromatic carbocycles. The first kappa shape index (κ1) is 18.8. The van der Waals surface area contributed by atoms with Gasteiger partial charge in [-0.05, 0) is 43.5 Å². The first-order valence-corrected chi connectivity index (χ1v) is 8.83. The second kappa shape index (κ2) is 8.60. The number of benzene rings is 1. The highest BCUT2D eigenvalue weighted by Gasteiger charge is 2.23. The minimum Gasteiger partial charge on any atom is -0.376 e. The largest absolute Gasteiger partial charge is 0.376 e. The van der Waals surface area contributed by atoms with Gasteiger partial charge < -0.3 is 15.0 Å². The van der Waals surface area contributed by atoms with Crippen molar-refractivity contribution in [1.29, 1.82) is 5.26 Å². The maximum absolute atomic E-state index is 14.0. The number of rotatable bonds is 5. The number of ether oxygens (including phenoxy) is 1. The predicted octanol–water partition coefficient (Wildman–Crippen LogP) is 3.61. The van der Waals surface area contributed by atoms with Crippen molar-refractivity contribution in [2.75, 3.05) is 18.5 Å². The molecule has 0 spiro atoms. The molecule has 0 saturated carbocycles. The van der Waals surface area contributed by atoms with Gasteiger partial charge in [-0.15, -0.1) is 0 Å². The van der Waals surface area contributed by atoms with Crippen LogP contribution in [0.4, 0.5) is 14.9 Å². The Labute approximate surface area is 157 Å². The van der Waals surface area contributed by atoms with E-state index in [0.29, 0.717) is 30.9 Å². The topological polar surface area (TPSA) is 78.3 Å². The van der Waals surface area contributed by atoms with E-state index in [-0.39, 0.29) is 17.7 Å². The first-order valence-electron chi connectivity index (χ1n) is 8.83. The predicted molar refractivity (Wildman–Crippen MR) is 98.5 cm³/mol. The number of aromatic nitrogens is 1. The molecule has 0 bridgehead atoms. The van der Waals surface area contributed by atoms with Gasteiger partial charge >= 0.3 is 6.03 Å². The van der Waals surface area contributed by atoms with E-state index in [1.54, 1.807) is 24.2 Å². The van der Waals surface area contributed by atoms with Gasteiger partial charge in [-0.1, -0.05) is 6.07 Å². The number of hydrogen-bond donors (Lipinski definition) is 1. The molecule has 0 radical (unpaired) electrons. The number of urea groups is 1. The molecule has 0 aliphatic carbocycles. The van der Waals surface area contributed by atoms with Gasteiger partial charge in [0, 0.05) is 43.3 Å². The van der Waals surface area contributed by atoms with Crippen LogP contribution in [0.3, 0.4) is 0 Å². The zero-order valence-electron chi connectivity index (χ0n) is 15.1. The Balaban J connectivity index is 1.79. The average molecular weight is 368 g/mol. The molecular weight excluding hydrogens is 347 g/mol. The summed E-state index contributed by atoms with van der Waals surface area (Å²) in [6, 6.07) is 7.87. The third-order valence-electron chi connectivity index (χ3n) is 4.55. The molecule has 3 rings (SSSR count). The Kier molecular flexibility index (Phi) is 5.99. The van der Waals surface area contributed by atoms with E-state index in [1.165, 1.54) is 6.07 Å². The van der Waals surface area contributed by atoms with Crippen LogP contribution in [0.2, 0.25) is 0 Å². The molecule has 1 unspecified atom stereocenters. The number of carbonyl (C=O) groups is 1. The lowest BCUT2D eigenvalue weighted by Gasteiger charge is -2.26. The molecule has 2 amide bonds. The van der Waals surface area contributed by atoms with Crippen LogP contribution in [0, 0.1) is 24.1 Å². The third kappa shape index (κ3) is 4.80. The zero-order valence-corrected chi connectivity index (χ0v) is 15.1. The van der Waals surface area contributed by atoms with Crippen LogP contribution in [0.15, 0.2) is 36.7 Å². The maximum atomic E-state index is 14.0. The van der Waals surface area contributed by atoms with Gasteiger partial charge in [-0.25, -0.2) is 9.18 Å². The van der Waals surface area contributed by atoms with Crippen LogP contribution < -0.4 is 5.32 Å². The van der Waals surface area contributed by atoms with Crippen molar-refractivity contribution in [2.24, 2.45) is 0 Å². The van der Waals surface area contributed by atoms with Crippen LogP contribution >= 0.6 is 0 Å². The molecule has 1 atom stereocenters. The third-order valence-corrected chi connectivity index (χ3v) is 4.55. The molecule has 1 fully saturated rings. The molecule has 27 heavy (non-hydrogen) atoms. The summed E-state index contributed by atoms with van der Waals surface area (Å²) in [5.74, 6) is -0.526. The van der Waals surface area contributed by atoms with Crippen molar-refractivity contribution in [1.82, 2.24) is 9.88 Å². The summed E-state index contributed by atoms with van der Waals surface area (Å²) in [6.45, 7) is 3.05. The minimum atomic E-state index is -0.526. The average Bonchev–Trinajstić information content (AvgIpc) is 3.18. The van der Waals surface area contributed by atoms with E-state index in [0.717, 1.165) is 24.5 Å². The minimum absolute atomic E-state index is 0.0179.